The summed E-state index contributed by atoms with van der Waals surface area (Å²) in [6.45, 7) is 3.59. The Bertz CT molecular complexity index is 678. The van der Waals surface area contributed by atoms with Crippen LogP contribution < -0.4 is 10.1 Å². The van der Waals surface area contributed by atoms with E-state index in [1.165, 1.54) is 4.90 Å². The molecule has 2 rings (SSSR count). The van der Waals surface area contributed by atoms with E-state index in [-0.39, 0.29) is 18.6 Å². The molecule has 2 N–H and O–H groups in total. The summed E-state index contributed by atoms with van der Waals surface area (Å²) < 4.78 is 5.21. The lowest BCUT2D eigenvalue weighted by molar-refractivity contribution is 0.0529. The second-order valence-corrected chi connectivity index (χ2v) is 6.73. The predicted octanol–water partition coefficient (Wildman–Crippen LogP) is 3.20. The summed E-state index contributed by atoms with van der Waals surface area (Å²) in [7, 11) is 3.29. The molecule has 2 aromatic rings. The fraction of sp³-hybridized carbons (Fsp3) is 0.350. The van der Waals surface area contributed by atoms with Gasteiger partial charge in [0.25, 0.3) is 0 Å². The average Bonchev–Trinajstić information content (AvgIpc) is 2.59. The highest BCUT2D eigenvalue weighted by molar-refractivity contribution is 5.75. The van der Waals surface area contributed by atoms with Crippen LogP contribution in [0.5, 0.6) is 5.75 Å². The minimum atomic E-state index is -0.950. The number of carbonyl (C=O) groups excluding carboxylic acids is 1. The Labute approximate surface area is 149 Å². The number of likely N-dealkylation sites (N-methyl/N-ethyl adjacent to an activating group) is 1. The highest BCUT2D eigenvalue weighted by Gasteiger charge is 2.23. The molecule has 0 saturated heterocycles. The largest absolute Gasteiger partial charge is 0.497 e. The van der Waals surface area contributed by atoms with Crippen LogP contribution in [0.1, 0.15) is 31.0 Å². The zero-order valence-corrected chi connectivity index (χ0v) is 15.2. The van der Waals surface area contributed by atoms with Crippen LogP contribution in [0.25, 0.3) is 0 Å². The van der Waals surface area contributed by atoms with Gasteiger partial charge in [-0.2, -0.15) is 0 Å². The number of nitrogens with zero attached hydrogens (tertiary/aromatic N) is 1. The predicted molar refractivity (Wildman–Crippen MR) is 98.7 cm³/mol. The van der Waals surface area contributed by atoms with Crippen molar-refractivity contribution in [3.8, 4) is 5.75 Å². The van der Waals surface area contributed by atoms with Gasteiger partial charge in [-0.25, -0.2) is 4.79 Å². The van der Waals surface area contributed by atoms with E-state index in [9.17, 15) is 9.90 Å². The van der Waals surface area contributed by atoms with Crippen LogP contribution in [0.15, 0.2) is 54.6 Å². The van der Waals surface area contributed by atoms with Gasteiger partial charge in [0.2, 0.25) is 0 Å². The third kappa shape index (κ3) is 5.50. The molecule has 5 nitrogen and oxygen atoms in total. The number of amides is 2. The van der Waals surface area contributed by atoms with Gasteiger partial charge in [0.05, 0.1) is 25.3 Å². The molecule has 2 amide bonds. The molecule has 0 aromatic heterocycles. The molecule has 0 radical (unpaired) electrons. The summed E-state index contributed by atoms with van der Waals surface area (Å²) in [6, 6.07) is 16.9. The van der Waals surface area contributed by atoms with E-state index in [2.05, 4.69) is 5.32 Å². The lowest BCUT2D eigenvalue weighted by Gasteiger charge is -2.28. The molecule has 1 atom stereocenters. The number of carbonyl (C=O) groups is 1. The van der Waals surface area contributed by atoms with Crippen LogP contribution in [-0.4, -0.2) is 42.3 Å². The maximum absolute atomic E-state index is 12.6. The smallest absolute Gasteiger partial charge is 0.317 e. The van der Waals surface area contributed by atoms with Crippen molar-refractivity contribution in [2.75, 3.05) is 20.7 Å². The van der Waals surface area contributed by atoms with Gasteiger partial charge in [0.1, 0.15) is 5.75 Å². The average molecular weight is 342 g/mol. The van der Waals surface area contributed by atoms with E-state index in [0.29, 0.717) is 0 Å². The SMILES string of the molecule is COc1ccc([C@@H](NC(=O)N(C)CC(C)(C)O)c2ccccc2)cc1. The Kier molecular flexibility index (Phi) is 6.04. The van der Waals surface area contributed by atoms with Gasteiger partial charge in [-0.3, -0.25) is 0 Å². The summed E-state index contributed by atoms with van der Waals surface area (Å²) in [4.78, 5) is 14.1. The third-order valence-electron chi connectivity index (χ3n) is 3.82. The molecule has 0 saturated carbocycles. The molecule has 0 bridgehead atoms. The van der Waals surface area contributed by atoms with Crippen LogP contribution in [0.4, 0.5) is 4.79 Å². The maximum atomic E-state index is 12.6. The fourth-order valence-corrected chi connectivity index (χ4v) is 2.69. The molecule has 134 valence electrons. The third-order valence-corrected chi connectivity index (χ3v) is 3.82. The first-order chi connectivity index (χ1) is 11.8. The van der Waals surface area contributed by atoms with E-state index < -0.39 is 5.60 Å². The van der Waals surface area contributed by atoms with Gasteiger partial charge in [0.15, 0.2) is 0 Å². The van der Waals surface area contributed by atoms with E-state index in [1.54, 1.807) is 28.0 Å². The first-order valence-electron chi connectivity index (χ1n) is 8.23. The standard InChI is InChI=1S/C20H26N2O3/c1-20(2,24)14-22(3)19(23)21-18(15-8-6-5-7-9-15)16-10-12-17(25-4)13-11-16/h5-13,18,24H,14H2,1-4H3,(H,21,23)/t18-/m0/s1. The van der Waals surface area contributed by atoms with Gasteiger partial charge in [-0.05, 0) is 37.1 Å². The Balaban J connectivity index is 2.24. The number of hydrogen-bond acceptors (Lipinski definition) is 3. The fourth-order valence-electron chi connectivity index (χ4n) is 2.69. The molecule has 0 heterocycles. The molecule has 5 heteroatoms. The minimum Gasteiger partial charge on any atom is -0.497 e. The molecule has 0 fully saturated rings. The number of methoxy groups -OCH3 is 1. The topological polar surface area (TPSA) is 61.8 Å². The number of urea groups is 1. The molecule has 0 unspecified atom stereocenters. The number of aliphatic hydroxyl groups is 1. The van der Waals surface area contributed by atoms with Crippen molar-refractivity contribution < 1.29 is 14.6 Å². The molecule has 0 aliphatic carbocycles. The van der Waals surface area contributed by atoms with Gasteiger partial charge >= 0.3 is 6.03 Å². The second-order valence-electron chi connectivity index (χ2n) is 6.73. The molecule has 0 spiro atoms. The Hall–Kier alpha value is -2.53. The van der Waals surface area contributed by atoms with Crippen LogP contribution in [0, 0.1) is 0 Å². The lowest BCUT2D eigenvalue weighted by Crippen LogP contribution is -2.45. The van der Waals surface area contributed by atoms with E-state index in [0.717, 1.165) is 16.9 Å². The van der Waals surface area contributed by atoms with Crippen molar-refractivity contribution >= 4 is 6.03 Å². The Morgan fingerprint density at radius 3 is 2.20 bits per heavy atom. The molecule has 0 aliphatic heterocycles. The van der Waals surface area contributed by atoms with Crippen molar-refractivity contribution in [2.45, 2.75) is 25.5 Å². The van der Waals surface area contributed by atoms with Crippen LogP contribution in [0.2, 0.25) is 0 Å². The summed E-state index contributed by atoms with van der Waals surface area (Å²) in [6.07, 6.45) is 0. The van der Waals surface area contributed by atoms with Crippen molar-refractivity contribution in [3.63, 3.8) is 0 Å². The first-order valence-corrected chi connectivity index (χ1v) is 8.23. The number of nitrogens with one attached hydrogen (secondary N) is 1. The van der Waals surface area contributed by atoms with Gasteiger partial charge in [-0.1, -0.05) is 42.5 Å². The van der Waals surface area contributed by atoms with Gasteiger partial charge < -0.3 is 20.1 Å². The minimum absolute atomic E-state index is 0.239. The summed E-state index contributed by atoms with van der Waals surface area (Å²) in [5.41, 5.74) is 0.990. The molecule has 2 aromatic carbocycles. The second kappa shape index (κ2) is 8.03. The first kappa shape index (κ1) is 18.8. The van der Waals surface area contributed by atoms with E-state index in [1.807, 2.05) is 54.6 Å². The van der Waals surface area contributed by atoms with Crippen LogP contribution in [-0.2, 0) is 0 Å². The van der Waals surface area contributed by atoms with Crippen molar-refractivity contribution in [1.29, 1.82) is 0 Å². The summed E-state index contributed by atoms with van der Waals surface area (Å²) >= 11 is 0. The monoisotopic (exact) mass is 342 g/mol. The quantitative estimate of drug-likeness (QED) is 0.847. The number of ether oxygens (including phenoxy) is 1. The van der Waals surface area contributed by atoms with Crippen LogP contribution in [0.3, 0.4) is 0 Å². The number of benzene rings is 2. The summed E-state index contributed by atoms with van der Waals surface area (Å²) in [5, 5.41) is 13.0. The van der Waals surface area contributed by atoms with E-state index in [4.69, 9.17) is 4.74 Å². The highest BCUT2D eigenvalue weighted by Crippen LogP contribution is 2.24. The van der Waals surface area contributed by atoms with Crippen molar-refractivity contribution in [2.24, 2.45) is 0 Å². The normalized spacial score (nSPS) is 12.4. The molecule has 25 heavy (non-hydrogen) atoms. The Morgan fingerprint density at radius 2 is 1.68 bits per heavy atom. The lowest BCUT2D eigenvalue weighted by atomic mass is 9.98. The molecular formula is C20H26N2O3. The Morgan fingerprint density at radius 1 is 1.12 bits per heavy atom. The van der Waals surface area contributed by atoms with E-state index >= 15 is 0 Å². The van der Waals surface area contributed by atoms with Crippen molar-refractivity contribution in [3.05, 3.63) is 65.7 Å². The number of rotatable bonds is 6. The maximum Gasteiger partial charge on any atom is 0.317 e. The zero-order valence-electron chi connectivity index (χ0n) is 15.2. The van der Waals surface area contributed by atoms with Crippen molar-refractivity contribution in [1.82, 2.24) is 10.2 Å². The van der Waals surface area contributed by atoms with Crippen LogP contribution >= 0.6 is 0 Å². The number of hydrogen-bond donors (Lipinski definition) is 2. The molecule has 0 aliphatic rings. The van der Waals surface area contributed by atoms with Gasteiger partial charge in [0, 0.05) is 7.05 Å². The molecular weight excluding hydrogens is 316 g/mol. The summed E-state index contributed by atoms with van der Waals surface area (Å²) in [5.74, 6) is 0.765. The van der Waals surface area contributed by atoms with Gasteiger partial charge in [-0.15, -0.1) is 0 Å². The highest BCUT2D eigenvalue weighted by atomic mass is 16.5. The zero-order chi connectivity index (χ0) is 18.4.